The van der Waals surface area contributed by atoms with Crippen molar-refractivity contribution < 1.29 is 40.3 Å². The molecule has 1 amide bonds. The smallest absolute Gasteiger partial charge is 0.416 e. The number of halogens is 5. The van der Waals surface area contributed by atoms with E-state index >= 15 is 0 Å². The second-order valence-electron chi connectivity index (χ2n) is 9.12. The lowest BCUT2D eigenvalue weighted by Crippen LogP contribution is -2.28. The molecular formula is C27H23ClF4N2O5S. The molecule has 40 heavy (non-hydrogen) atoms. The normalized spacial score (nSPS) is 14.2. The molecule has 0 unspecified atom stereocenters. The van der Waals surface area contributed by atoms with Crippen LogP contribution in [0.2, 0.25) is 5.02 Å². The minimum absolute atomic E-state index is 0.0622. The minimum Gasteiger partial charge on any atom is -0.483 e. The molecule has 1 aliphatic heterocycles. The first-order chi connectivity index (χ1) is 18.8. The van der Waals surface area contributed by atoms with E-state index in [1.54, 1.807) is 6.92 Å². The zero-order chi connectivity index (χ0) is 29.2. The van der Waals surface area contributed by atoms with Gasteiger partial charge in [0.2, 0.25) is 10.0 Å². The number of amides is 1. The highest BCUT2D eigenvalue weighted by Crippen LogP contribution is 2.32. The highest BCUT2D eigenvalue weighted by molar-refractivity contribution is 7.89. The molecule has 0 bridgehead atoms. The van der Waals surface area contributed by atoms with Crippen molar-refractivity contribution in [3.63, 3.8) is 0 Å². The molecule has 7 nitrogen and oxygen atoms in total. The fraction of sp³-hybridized carbons (Fsp3) is 0.259. The van der Waals surface area contributed by atoms with Crippen LogP contribution < -0.4 is 10.1 Å². The fourth-order valence-corrected chi connectivity index (χ4v) is 5.96. The summed E-state index contributed by atoms with van der Waals surface area (Å²) in [4.78, 5) is 25.7. The molecule has 1 N–H and O–H groups in total. The Kier molecular flexibility index (Phi) is 8.52. The monoisotopic (exact) mass is 598 g/mol. The molecule has 212 valence electrons. The summed E-state index contributed by atoms with van der Waals surface area (Å²) in [7, 11) is -3.64. The predicted molar refractivity (Wildman–Crippen MR) is 140 cm³/mol. The SMILES string of the molecule is Cc1cc(S(=O)(=O)N2CCCC2)ccc1NC(=O)COc1ccc(Cl)cc1C(=O)c1cc(F)cc(C(F)(F)F)c1. The molecule has 0 spiro atoms. The summed E-state index contributed by atoms with van der Waals surface area (Å²) in [5.41, 5.74) is -1.37. The number of rotatable bonds is 8. The fourth-order valence-electron chi connectivity index (χ4n) is 4.19. The third-order valence-electron chi connectivity index (χ3n) is 6.21. The Morgan fingerprint density at radius 1 is 1.02 bits per heavy atom. The number of carbonyl (C=O) groups is 2. The average molecular weight is 599 g/mol. The van der Waals surface area contributed by atoms with Gasteiger partial charge in [0.15, 0.2) is 12.4 Å². The maximum Gasteiger partial charge on any atom is 0.416 e. The number of carbonyl (C=O) groups excluding carboxylic acids is 2. The Balaban J connectivity index is 1.49. The molecule has 3 aromatic carbocycles. The zero-order valence-corrected chi connectivity index (χ0v) is 22.6. The number of hydrogen-bond donors (Lipinski definition) is 1. The number of nitrogens with zero attached hydrogens (tertiary/aromatic N) is 1. The molecule has 1 aliphatic rings. The third kappa shape index (κ3) is 6.62. The Hall–Kier alpha value is -3.48. The van der Waals surface area contributed by atoms with Crippen molar-refractivity contribution in [1.82, 2.24) is 4.31 Å². The highest BCUT2D eigenvalue weighted by atomic mass is 35.5. The van der Waals surface area contributed by atoms with Crippen LogP contribution in [0.15, 0.2) is 59.5 Å². The summed E-state index contributed by atoms with van der Waals surface area (Å²) in [6.07, 6.45) is -3.29. The van der Waals surface area contributed by atoms with E-state index in [2.05, 4.69) is 5.32 Å². The van der Waals surface area contributed by atoms with Crippen molar-refractivity contribution in [1.29, 1.82) is 0 Å². The summed E-state index contributed by atoms with van der Waals surface area (Å²) in [6, 6.07) is 9.49. The molecular weight excluding hydrogens is 576 g/mol. The molecule has 1 fully saturated rings. The van der Waals surface area contributed by atoms with Crippen molar-refractivity contribution in [2.45, 2.75) is 30.8 Å². The predicted octanol–water partition coefficient (Wildman–Crippen LogP) is 5.84. The van der Waals surface area contributed by atoms with Crippen molar-refractivity contribution in [3.05, 3.63) is 87.7 Å². The van der Waals surface area contributed by atoms with E-state index in [1.165, 1.54) is 34.6 Å². The van der Waals surface area contributed by atoms with Gasteiger partial charge in [-0.25, -0.2) is 12.8 Å². The largest absolute Gasteiger partial charge is 0.483 e. The lowest BCUT2D eigenvalue weighted by molar-refractivity contribution is -0.137. The molecule has 3 aromatic rings. The van der Waals surface area contributed by atoms with Crippen LogP contribution in [0.3, 0.4) is 0 Å². The average Bonchev–Trinajstić information content (AvgIpc) is 3.44. The summed E-state index contributed by atoms with van der Waals surface area (Å²) in [5.74, 6) is -3.06. The molecule has 1 saturated heterocycles. The second kappa shape index (κ2) is 11.6. The first-order valence-corrected chi connectivity index (χ1v) is 13.8. The van der Waals surface area contributed by atoms with Gasteiger partial charge in [0, 0.05) is 29.4 Å². The Morgan fingerprint density at radius 3 is 2.38 bits per heavy atom. The van der Waals surface area contributed by atoms with Gasteiger partial charge in [-0.2, -0.15) is 17.5 Å². The van der Waals surface area contributed by atoms with Crippen molar-refractivity contribution >= 4 is 39.0 Å². The van der Waals surface area contributed by atoms with Crippen LogP contribution in [-0.4, -0.2) is 44.1 Å². The summed E-state index contributed by atoms with van der Waals surface area (Å²) < 4.78 is 85.7. The van der Waals surface area contributed by atoms with Gasteiger partial charge in [-0.3, -0.25) is 9.59 Å². The van der Waals surface area contributed by atoms with Crippen LogP contribution in [0.4, 0.5) is 23.2 Å². The van der Waals surface area contributed by atoms with E-state index in [4.69, 9.17) is 16.3 Å². The minimum atomic E-state index is -4.88. The quantitative estimate of drug-likeness (QED) is 0.260. The Bertz CT molecular complexity index is 1570. The molecule has 1 heterocycles. The second-order valence-corrected chi connectivity index (χ2v) is 11.5. The zero-order valence-electron chi connectivity index (χ0n) is 21.0. The molecule has 0 radical (unpaired) electrons. The first-order valence-electron chi connectivity index (χ1n) is 12.0. The molecule has 0 atom stereocenters. The standard InChI is InChI=1S/C27H23ClF4N2O5S/c1-16-10-21(40(37,38)34-8-2-3-9-34)5-6-23(16)33-25(35)15-39-24-7-4-19(28)14-22(24)26(36)17-11-18(27(30,31)32)13-20(29)12-17/h4-7,10-14H,2-3,8-9,15H2,1H3,(H,33,35). The summed E-state index contributed by atoms with van der Waals surface area (Å²) in [5, 5.41) is 2.66. The lowest BCUT2D eigenvalue weighted by Gasteiger charge is -2.17. The van der Waals surface area contributed by atoms with Crippen LogP contribution in [0.1, 0.15) is 39.9 Å². The molecule has 13 heteroatoms. The number of ketones is 1. The summed E-state index contributed by atoms with van der Waals surface area (Å²) >= 11 is 5.97. The van der Waals surface area contributed by atoms with Gasteiger partial charge in [-0.15, -0.1) is 0 Å². The molecule has 0 aromatic heterocycles. The van der Waals surface area contributed by atoms with E-state index in [-0.39, 0.29) is 27.3 Å². The molecule has 0 aliphatic carbocycles. The van der Waals surface area contributed by atoms with E-state index in [9.17, 15) is 35.6 Å². The first kappa shape index (κ1) is 29.5. The maximum atomic E-state index is 13.9. The summed E-state index contributed by atoms with van der Waals surface area (Å²) in [6.45, 7) is 1.93. The van der Waals surface area contributed by atoms with E-state index < -0.39 is 51.4 Å². The molecule has 4 rings (SSSR count). The van der Waals surface area contributed by atoms with Crippen molar-refractivity contribution in [3.8, 4) is 5.75 Å². The van der Waals surface area contributed by atoms with Crippen molar-refractivity contribution in [2.75, 3.05) is 25.0 Å². The topological polar surface area (TPSA) is 92.8 Å². The van der Waals surface area contributed by atoms with Crippen LogP contribution in [0.25, 0.3) is 0 Å². The lowest BCUT2D eigenvalue weighted by atomic mass is 10.00. The number of sulfonamides is 1. The maximum absolute atomic E-state index is 13.9. The van der Waals surface area contributed by atoms with E-state index in [0.29, 0.717) is 36.5 Å². The Labute approximate surface area is 232 Å². The Morgan fingerprint density at radius 2 is 1.73 bits per heavy atom. The van der Waals surface area contributed by atoms with Gasteiger partial charge in [0.1, 0.15) is 11.6 Å². The molecule has 0 saturated carbocycles. The number of ether oxygens (including phenoxy) is 1. The number of anilines is 1. The van der Waals surface area contributed by atoms with Crippen LogP contribution in [0.5, 0.6) is 5.75 Å². The van der Waals surface area contributed by atoms with Gasteiger partial charge in [0.05, 0.1) is 16.0 Å². The third-order valence-corrected chi connectivity index (χ3v) is 8.34. The number of aryl methyl sites for hydroxylation is 1. The van der Waals surface area contributed by atoms with Crippen LogP contribution >= 0.6 is 11.6 Å². The number of hydrogen-bond acceptors (Lipinski definition) is 5. The van der Waals surface area contributed by atoms with Crippen LogP contribution in [-0.2, 0) is 21.0 Å². The number of alkyl halides is 3. The van der Waals surface area contributed by atoms with Crippen molar-refractivity contribution in [2.24, 2.45) is 0 Å². The number of nitrogens with one attached hydrogen (secondary N) is 1. The number of benzene rings is 3. The van der Waals surface area contributed by atoms with Gasteiger partial charge in [-0.05, 0) is 79.9 Å². The van der Waals surface area contributed by atoms with Crippen LogP contribution in [0, 0.1) is 12.7 Å². The van der Waals surface area contributed by atoms with Gasteiger partial charge < -0.3 is 10.1 Å². The van der Waals surface area contributed by atoms with Gasteiger partial charge >= 0.3 is 6.18 Å². The van der Waals surface area contributed by atoms with Gasteiger partial charge in [-0.1, -0.05) is 11.6 Å². The van der Waals surface area contributed by atoms with E-state index in [1.807, 2.05) is 0 Å². The highest BCUT2D eigenvalue weighted by Gasteiger charge is 2.32. The van der Waals surface area contributed by atoms with E-state index in [0.717, 1.165) is 18.9 Å². The van der Waals surface area contributed by atoms with Gasteiger partial charge in [0.25, 0.3) is 5.91 Å².